The molecule has 2 aliphatic heterocycles. The van der Waals surface area contributed by atoms with Crippen LogP contribution in [0.1, 0.15) is 35.7 Å². The maximum atomic E-state index is 12.9. The third-order valence-corrected chi connectivity index (χ3v) is 7.13. The first kappa shape index (κ1) is 18.4. The molecule has 1 amide bonds. The van der Waals surface area contributed by atoms with E-state index in [0.717, 1.165) is 25.9 Å². The monoisotopic (exact) mass is 366 g/mol. The van der Waals surface area contributed by atoms with Crippen molar-refractivity contribution in [2.24, 2.45) is 5.92 Å². The lowest BCUT2D eigenvalue weighted by Crippen LogP contribution is -2.41. The predicted molar refractivity (Wildman–Crippen MR) is 95.1 cm³/mol. The lowest BCUT2D eigenvalue weighted by Gasteiger charge is -2.30. The number of aryl methyl sites for hydroxylation is 1. The van der Waals surface area contributed by atoms with Gasteiger partial charge >= 0.3 is 0 Å². The van der Waals surface area contributed by atoms with Gasteiger partial charge in [0.25, 0.3) is 5.91 Å². The highest BCUT2D eigenvalue weighted by Crippen LogP contribution is 2.24. The van der Waals surface area contributed by atoms with E-state index in [1.165, 1.54) is 4.31 Å². The van der Waals surface area contributed by atoms with Crippen molar-refractivity contribution < 1.29 is 17.9 Å². The number of morpholine rings is 1. The molecule has 25 heavy (non-hydrogen) atoms. The zero-order valence-electron chi connectivity index (χ0n) is 14.9. The molecule has 3 rings (SSSR count). The minimum atomic E-state index is -3.61. The van der Waals surface area contributed by atoms with E-state index >= 15 is 0 Å². The normalized spacial score (nSPS) is 20.6. The molecule has 0 unspecified atom stereocenters. The lowest BCUT2D eigenvalue weighted by atomic mass is 9.98. The Morgan fingerprint density at radius 3 is 2.40 bits per heavy atom. The first-order valence-corrected chi connectivity index (χ1v) is 10.3. The van der Waals surface area contributed by atoms with Crippen molar-refractivity contribution in [1.82, 2.24) is 9.21 Å². The van der Waals surface area contributed by atoms with E-state index in [4.69, 9.17) is 4.74 Å². The van der Waals surface area contributed by atoms with E-state index in [-0.39, 0.29) is 10.8 Å². The van der Waals surface area contributed by atoms with E-state index in [1.807, 2.05) is 4.90 Å². The molecule has 7 heteroatoms. The standard InChI is InChI=1S/C18H26N2O4S/c1-14-5-7-19(8-6-14)18(21)16-4-3-15(2)17(13-16)25(22,23)20-9-11-24-12-10-20/h3-4,13-14H,5-12H2,1-2H3. The van der Waals surface area contributed by atoms with Crippen LogP contribution in [0.25, 0.3) is 0 Å². The van der Waals surface area contributed by atoms with Crippen molar-refractivity contribution in [3.05, 3.63) is 29.3 Å². The number of carbonyl (C=O) groups excluding carboxylic acids is 1. The molecule has 6 nitrogen and oxygen atoms in total. The van der Waals surface area contributed by atoms with Crippen molar-refractivity contribution in [3.8, 4) is 0 Å². The molecule has 0 saturated carbocycles. The molecular weight excluding hydrogens is 340 g/mol. The van der Waals surface area contributed by atoms with Crippen molar-refractivity contribution in [1.29, 1.82) is 0 Å². The van der Waals surface area contributed by atoms with Gasteiger partial charge in [-0.3, -0.25) is 4.79 Å². The first-order valence-electron chi connectivity index (χ1n) is 8.87. The summed E-state index contributed by atoms with van der Waals surface area (Å²) in [7, 11) is -3.61. The fourth-order valence-corrected chi connectivity index (χ4v) is 4.99. The molecule has 2 fully saturated rings. The van der Waals surface area contributed by atoms with Gasteiger partial charge < -0.3 is 9.64 Å². The topological polar surface area (TPSA) is 66.9 Å². The number of piperidine rings is 1. The third kappa shape index (κ3) is 3.88. The second kappa shape index (κ2) is 7.43. The van der Waals surface area contributed by atoms with Crippen LogP contribution in [-0.2, 0) is 14.8 Å². The van der Waals surface area contributed by atoms with Crippen LogP contribution in [0, 0.1) is 12.8 Å². The number of hydrogen-bond donors (Lipinski definition) is 0. The first-order chi connectivity index (χ1) is 11.9. The Labute approximate surface area is 149 Å². The van der Waals surface area contributed by atoms with Gasteiger partial charge in [-0.25, -0.2) is 8.42 Å². The highest BCUT2D eigenvalue weighted by Gasteiger charge is 2.29. The molecule has 0 aliphatic carbocycles. The number of hydrogen-bond acceptors (Lipinski definition) is 4. The van der Waals surface area contributed by atoms with Crippen molar-refractivity contribution in [2.75, 3.05) is 39.4 Å². The van der Waals surface area contributed by atoms with Gasteiger partial charge in [-0.2, -0.15) is 4.31 Å². The lowest BCUT2D eigenvalue weighted by molar-refractivity contribution is 0.0696. The van der Waals surface area contributed by atoms with Crippen LogP contribution in [-0.4, -0.2) is 62.9 Å². The van der Waals surface area contributed by atoms with Gasteiger partial charge in [0.05, 0.1) is 18.1 Å². The van der Waals surface area contributed by atoms with Crippen LogP contribution in [0.2, 0.25) is 0 Å². The van der Waals surface area contributed by atoms with Crippen molar-refractivity contribution in [3.63, 3.8) is 0 Å². The summed E-state index contributed by atoms with van der Waals surface area (Å²) in [4.78, 5) is 14.8. The van der Waals surface area contributed by atoms with Crippen LogP contribution in [0.15, 0.2) is 23.1 Å². The van der Waals surface area contributed by atoms with Crippen LogP contribution in [0.3, 0.4) is 0 Å². The quantitative estimate of drug-likeness (QED) is 0.819. The molecule has 2 saturated heterocycles. The minimum Gasteiger partial charge on any atom is -0.379 e. The van der Waals surface area contributed by atoms with Crippen molar-refractivity contribution in [2.45, 2.75) is 31.6 Å². The Morgan fingerprint density at radius 2 is 1.76 bits per heavy atom. The maximum absolute atomic E-state index is 12.9. The number of amides is 1. The van der Waals surface area contributed by atoms with E-state index in [0.29, 0.717) is 43.3 Å². The molecular formula is C18H26N2O4S. The Morgan fingerprint density at radius 1 is 1.12 bits per heavy atom. The van der Waals surface area contributed by atoms with Gasteiger partial charge in [0.15, 0.2) is 0 Å². The Balaban J connectivity index is 1.86. The predicted octanol–water partition coefficient (Wildman–Crippen LogP) is 1.89. The fraction of sp³-hybridized carbons (Fsp3) is 0.611. The highest BCUT2D eigenvalue weighted by molar-refractivity contribution is 7.89. The summed E-state index contributed by atoms with van der Waals surface area (Å²) < 4.78 is 32.6. The highest BCUT2D eigenvalue weighted by atomic mass is 32.2. The Bertz CT molecular complexity index is 733. The molecule has 0 bridgehead atoms. The van der Waals surface area contributed by atoms with Gasteiger partial charge in [-0.15, -0.1) is 0 Å². The average molecular weight is 366 g/mol. The van der Waals surface area contributed by atoms with Crippen LogP contribution >= 0.6 is 0 Å². The molecule has 0 atom stereocenters. The molecule has 1 aromatic carbocycles. The SMILES string of the molecule is Cc1ccc(C(=O)N2CCC(C)CC2)cc1S(=O)(=O)N1CCOCC1. The van der Waals surface area contributed by atoms with Crippen LogP contribution in [0.5, 0.6) is 0 Å². The van der Waals surface area contributed by atoms with E-state index in [9.17, 15) is 13.2 Å². The van der Waals surface area contributed by atoms with Crippen molar-refractivity contribution >= 4 is 15.9 Å². The van der Waals surface area contributed by atoms with Gasteiger partial charge in [0, 0.05) is 31.7 Å². The fourth-order valence-electron chi connectivity index (χ4n) is 3.33. The number of rotatable bonds is 3. The molecule has 1 aromatic rings. The number of nitrogens with zero attached hydrogens (tertiary/aromatic N) is 2. The van der Waals surface area contributed by atoms with Gasteiger partial charge in [-0.1, -0.05) is 13.0 Å². The molecule has 0 spiro atoms. The Hall–Kier alpha value is -1.44. The summed E-state index contributed by atoms with van der Waals surface area (Å²) in [5, 5.41) is 0. The smallest absolute Gasteiger partial charge is 0.253 e. The second-order valence-corrected chi connectivity index (χ2v) is 8.88. The van der Waals surface area contributed by atoms with Gasteiger partial charge in [0.1, 0.15) is 0 Å². The third-order valence-electron chi connectivity index (χ3n) is 5.09. The number of likely N-dealkylation sites (tertiary alicyclic amines) is 1. The van der Waals surface area contributed by atoms with Crippen LogP contribution in [0.4, 0.5) is 0 Å². The summed E-state index contributed by atoms with van der Waals surface area (Å²) in [5.74, 6) is 0.560. The summed E-state index contributed by atoms with van der Waals surface area (Å²) in [5.41, 5.74) is 1.11. The summed E-state index contributed by atoms with van der Waals surface area (Å²) in [6.45, 7) is 6.95. The number of ether oxygens (including phenoxy) is 1. The maximum Gasteiger partial charge on any atom is 0.253 e. The second-order valence-electron chi connectivity index (χ2n) is 6.97. The van der Waals surface area contributed by atoms with Gasteiger partial charge in [0.2, 0.25) is 10.0 Å². The summed E-state index contributed by atoms with van der Waals surface area (Å²) >= 11 is 0. The zero-order chi connectivity index (χ0) is 18.0. The summed E-state index contributed by atoms with van der Waals surface area (Å²) in [6, 6.07) is 5.00. The Kier molecular flexibility index (Phi) is 5.46. The number of sulfonamides is 1. The van der Waals surface area contributed by atoms with E-state index < -0.39 is 10.0 Å². The molecule has 138 valence electrons. The minimum absolute atomic E-state index is 0.0784. The zero-order valence-corrected chi connectivity index (χ0v) is 15.7. The largest absolute Gasteiger partial charge is 0.379 e. The summed E-state index contributed by atoms with van der Waals surface area (Å²) in [6.07, 6.45) is 1.99. The van der Waals surface area contributed by atoms with E-state index in [2.05, 4.69) is 6.92 Å². The molecule has 0 N–H and O–H groups in total. The number of carbonyl (C=O) groups is 1. The molecule has 0 radical (unpaired) electrons. The molecule has 0 aromatic heterocycles. The number of benzene rings is 1. The van der Waals surface area contributed by atoms with Gasteiger partial charge in [-0.05, 0) is 43.4 Å². The average Bonchev–Trinajstić information content (AvgIpc) is 2.63. The molecule has 2 heterocycles. The van der Waals surface area contributed by atoms with E-state index in [1.54, 1.807) is 25.1 Å². The molecule has 2 aliphatic rings. The van der Waals surface area contributed by atoms with Crippen LogP contribution < -0.4 is 0 Å².